The third kappa shape index (κ3) is 3.31. The summed E-state index contributed by atoms with van der Waals surface area (Å²) in [6.45, 7) is 7.02. The van der Waals surface area contributed by atoms with Crippen LogP contribution >= 0.6 is 0 Å². The number of H-pyrrole nitrogens is 1. The lowest BCUT2D eigenvalue weighted by molar-refractivity contribution is 0.0284. The molecule has 2 aliphatic heterocycles. The third-order valence-electron chi connectivity index (χ3n) is 6.04. The summed E-state index contributed by atoms with van der Waals surface area (Å²) in [5.74, 6) is 1.55. The van der Waals surface area contributed by atoms with Crippen LogP contribution in [-0.2, 0) is 4.74 Å². The summed E-state index contributed by atoms with van der Waals surface area (Å²) in [6.07, 6.45) is 4.75. The molecule has 2 aliphatic rings. The molecule has 3 aromatic heterocycles. The normalized spacial score (nSPS) is 27.6. The van der Waals surface area contributed by atoms with E-state index in [2.05, 4.69) is 44.3 Å². The Morgan fingerprint density at radius 1 is 1.28 bits per heavy atom. The molecule has 2 fully saturated rings. The van der Waals surface area contributed by atoms with Crippen LogP contribution in [0.15, 0.2) is 18.7 Å². The van der Waals surface area contributed by atoms with Gasteiger partial charge in [-0.3, -0.25) is 5.10 Å². The fraction of sp³-hybridized carbons (Fsp3) is 0.579. The summed E-state index contributed by atoms with van der Waals surface area (Å²) >= 11 is 0. The molecule has 0 unspecified atom stereocenters. The molecule has 0 bridgehead atoms. The molecule has 154 valence electrons. The van der Waals surface area contributed by atoms with Crippen LogP contribution in [0, 0.1) is 11.8 Å². The minimum atomic E-state index is -1.07. The van der Waals surface area contributed by atoms with Gasteiger partial charge < -0.3 is 15.0 Å². The van der Waals surface area contributed by atoms with Crippen molar-refractivity contribution in [3.8, 4) is 11.3 Å². The highest BCUT2D eigenvalue weighted by atomic mass is 19.1. The van der Waals surface area contributed by atoms with Gasteiger partial charge in [-0.2, -0.15) is 14.6 Å². The van der Waals surface area contributed by atoms with E-state index in [0.717, 1.165) is 30.0 Å². The van der Waals surface area contributed by atoms with E-state index in [1.807, 2.05) is 6.20 Å². The SMILES string of the molecule is C[C@@H]1CN(c2c(-c3cn[nH]c3)ncn3nc(N[C@H]4CCOC[C@H]4F)nc23)C[C@@H]1C. The minimum Gasteiger partial charge on any atom is -0.378 e. The van der Waals surface area contributed by atoms with Crippen LogP contribution in [0.4, 0.5) is 16.0 Å². The van der Waals surface area contributed by atoms with Gasteiger partial charge in [0.25, 0.3) is 0 Å². The number of aromatic amines is 1. The standard InChI is InChI=1S/C19H25FN8O/c1-11-7-27(8-12(11)2)17-16(13-5-22-23-6-13)21-10-28-18(17)25-19(26-28)24-15-3-4-29-9-14(15)20/h5-6,10-12,14-15H,3-4,7-9H2,1-2H3,(H,22,23)(H,24,26)/t11-,12+,14-,15+/m1/s1. The molecule has 0 amide bonds. The van der Waals surface area contributed by atoms with Crippen LogP contribution in [0.2, 0.25) is 0 Å². The van der Waals surface area contributed by atoms with E-state index >= 15 is 0 Å². The van der Waals surface area contributed by atoms with Crippen LogP contribution in [0.25, 0.3) is 16.9 Å². The van der Waals surface area contributed by atoms with Gasteiger partial charge in [-0.25, -0.2) is 9.37 Å². The van der Waals surface area contributed by atoms with Gasteiger partial charge in [-0.15, -0.1) is 5.10 Å². The fourth-order valence-corrected chi connectivity index (χ4v) is 4.13. The number of fused-ring (bicyclic) bond motifs is 1. The van der Waals surface area contributed by atoms with Gasteiger partial charge in [0.1, 0.15) is 23.9 Å². The zero-order valence-corrected chi connectivity index (χ0v) is 16.5. The summed E-state index contributed by atoms with van der Waals surface area (Å²) in [5, 5.41) is 14.6. The molecule has 9 nitrogen and oxygen atoms in total. The van der Waals surface area contributed by atoms with E-state index in [4.69, 9.17) is 9.72 Å². The molecule has 0 saturated carbocycles. The number of ether oxygens (including phenoxy) is 1. The highest BCUT2D eigenvalue weighted by Crippen LogP contribution is 2.36. The van der Waals surface area contributed by atoms with Gasteiger partial charge in [-0.05, 0) is 18.3 Å². The number of halogens is 1. The van der Waals surface area contributed by atoms with Gasteiger partial charge >= 0.3 is 0 Å². The lowest BCUT2D eigenvalue weighted by Gasteiger charge is -2.26. The Morgan fingerprint density at radius 3 is 2.83 bits per heavy atom. The predicted molar refractivity (Wildman–Crippen MR) is 107 cm³/mol. The molecule has 10 heteroatoms. The highest BCUT2D eigenvalue weighted by molar-refractivity contribution is 5.85. The average molecular weight is 400 g/mol. The quantitative estimate of drug-likeness (QED) is 0.693. The summed E-state index contributed by atoms with van der Waals surface area (Å²) in [4.78, 5) is 11.7. The monoisotopic (exact) mass is 400 g/mol. The molecule has 0 spiro atoms. The molecule has 0 aliphatic carbocycles. The highest BCUT2D eigenvalue weighted by Gasteiger charge is 2.32. The Balaban J connectivity index is 1.56. The summed E-state index contributed by atoms with van der Waals surface area (Å²) in [7, 11) is 0. The van der Waals surface area contributed by atoms with Gasteiger partial charge in [0, 0.05) is 31.5 Å². The Hall–Kier alpha value is -2.75. The van der Waals surface area contributed by atoms with Crippen LogP contribution < -0.4 is 10.2 Å². The third-order valence-corrected chi connectivity index (χ3v) is 6.04. The van der Waals surface area contributed by atoms with Crippen LogP contribution in [-0.4, -0.2) is 68.3 Å². The van der Waals surface area contributed by atoms with E-state index in [0.29, 0.717) is 36.5 Å². The number of anilines is 2. The Bertz CT molecular complexity index is 980. The van der Waals surface area contributed by atoms with Crippen molar-refractivity contribution in [2.24, 2.45) is 11.8 Å². The van der Waals surface area contributed by atoms with Crippen molar-refractivity contribution in [3.05, 3.63) is 18.7 Å². The number of nitrogens with one attached hydrogen (secondary N) is 2. The second-order valence-electron chi connectivity index (χ2n) is 8.12. The lowest BCUT2D eigenvalue weighted by atomic mass is 10.0. The first kappa shape index (κ1) is 18.3. The Kier molecular flexibility index (Phi) is 4.57. The van der Waals surface area contributed by atoms with Crippen LogP contribution in [0.1, 0.15) is 20.3 Å². The summed E-state index contributed by atoms with van der Waals surface area (Å²) in [6, 6.07) is -0.349. The van der Waals surface area contributed by atoms with Crippen molar-refractivity contribution in [3.63, 3.8) is 0 Å². The number of hydrogen-bond acceptors (Lipinski definition) is 7. The van der Waals surface area contributed by atoms with Crippen molar-refractivity contribution in [1.29, 1.82) is 0 Å². The first-order valence-electron chi connectivity index (χ1n) is 10.1. The Labute approximate surface area is 167 Å². The number of rotatable bonds is 4. The van der Waals surface area contributed by atoms with Crippen molar-refractivity contribution in [2.45, 2.75) is 32.5 Å². The van der Waals surface area contributed by atoms with E-state index < -0.39 is 6.17 Å². The second kappa shape index (κ2) is 7.25. The van der Waals surface area contributed by atoms with E-state index in [9.17, 15) is 4.39 Å². The van der Waals surface area contributed by atoms with E-state index in [1.54, 1.807) is 17.0 Å². The molecule has 4 atom stereocenters. The van der Waals surface area contributed by atoms with Gasteiger partial charge in [-0.1, -0.05) is 13.8 Å². The topological polar surface area (TPSA) is 96.3 Å². The molecule has 2 N–H and O–H groups in total. The maximum Gasteiger partial charge on any atom is 0.243 e. The average Bonchev–Trinajstić information content (AvgIpc) is 3.43. The zero-order chi connectivity index (χ0) is 20.0. The van der Waals surface area contributed by atoms with E-state index in [-0.39, 0.29) is 12.6 Å². The molecule has 5 rings (SSSR count). The summed E-state index contributed by atoms with van der Waals surface area (Å²) < 4.78 is 21.0. The van der Waals surface area contributed by atoms with Gasteiger partial charge in [0.05, 0.1) is 18.8 Å². The van der Waals surface area contributed by atoms with Crippen molar-refractivity contribution in [1.82, 2.24) is 29.8 Å². The largest absolute Gasteiger partial charge is 0.378 e. The van der Waals surface area contributed by atoms with Crippen molar-refractivity contribution in [2.75, 3.05) is 36.5 Å². The molecule has 0 aromatic carbocycles. The van der Waals surface area contributed by atoms with Gasteiger partial charge in [0.15, 0.2) is 5.65 Å². The maximum absolute atomic E-state index is 14.2. The molecule has 29 heavy (non-hydrogen) atoms. The fourth-order valence-electron chi connectivity index (χ4n) is 4.13. The molecule has 0 radical (unpaired) electrons. The van der Waals surface area contributed by atoms with Crippen molar-refractivity contribution >= 4 is 17.3 Å². The predicted octanol–water partition coefficient (Wildman–Crippen LogP) is 2.15. The van der Waals surface area contributed by atoms with Crippen LogP contribution in [0.5, 0.6) is 0 Å². The maximum atomic E-state index is 14.2. The zero-order valence-electron chi connectivity index (χ0n) is 16.5. The van der Waals surface area contributed by atoms with Crippen molar-refractivity contribution < 1.29 is 9.13 Å². The first-order chi connectivity index (χ1) is 14.1. The molecular weight excluding hydrogens is 375 g/mol. The summed E-state index contributed by atoms with van der Waals surface area (Å²) in [5.41, 5.74) is 3.37. The first-order valence-corrected chi connectivity index (χ1v) is 10.1. The second-order valence-corrected chi connectivity index (χ2v) is 8.12. The smallest absolute Gasteiger partial charge is 0.243 e. The number of nitrogens with zero attached hydrogens (tertiary/aromatic N) is 6. The van der Waals surface area contributed by atoms with Crippen LogP contribution in [0.3, 0.4) is 0 Å². The molecule has 5 heterocycles. The minimum absolute atomic E-state index is 0.103. The number of alkyl halides is 1. The molecule has 2 saturated heterocycles. The van der Waals surface area contributed by atoms with Gasteiger partial charge in [0.2, 0.25) is 5.95 Å². The number of hydrogen-bond donors (Lipinski definition) is 2. The molecular formula is C19H25FN8O. The number of aromatic nitrogens is 6. The Morgan fingerprint density at radius 2 is 2.10 bits per heavy atom. The lowest BCUT2D eigenvalue weighted by Crippen LogP contribution is -2.39. The molecule has 3 aromatic rings. The van der Waals surface area contributed by atoms with E-state index in [1.165, 1.54) is 0 Å².